The van der Waals surface area contributed by atoms with Gasteiger partial charge in [-0.2, -0.15) is 0 Å². The molecule has 7 heteroatoms. The number of anilines is 1. The molecule has 2 aromatic rings. The van der Waals surface area contributed by atoms with Crippen LogP contribution in [-0.4, -0.2) is 45.1 Å². The van der Waals surface area contributed by atoms with Gasteiger partial charge in [-0.3, -0.25) is 0 Å². The zero-order valence-corrected chi connectivity index (χ0v) is 12.7. The minimum atomic E-state index is -0.582. The molecule has 4 fully saturated rings. The highest BCUT2D eigenvalue weighted by molar-refractivity contribution is 5.52. The molecule has 0 aromatic carbocycles. The number of hydrogen-bond donors (Lipinski definition) is 2. The molecule has 0 amide bonds. The van der Waals surface area contributed by atoms with Crippen LogP contribution in [-0.2, 0) is 10.2 Å². The van der Waals surface area contributed by atoms with Crippen LogP contribution in [0.15, 0.2) is 12.3 Å². The highest BCUT2D eigenvalue weighted by atomic mass is 19.1. The molecular formula is C16H19FN4O2. The van der Waals surface area contributed by atoms with Crippen molar-refractivity contribution >= 4 is 11.5 Å². The minimum Gasteiger partial charge on any atom is -0.389 e. The molecule has 4 aliphatic rings. The number of fused-ring (bicyclic) bond motifs is 1. The van der Waals surface area contributed by atoms with E-state index in [0.717, 1.165) is 30.9 Å². The maximum absolute atomic E-state index is 14.2. The Morgan fingerprint density at radius 3 is 2.91 bits per heavy atom. The lowest BCUT2D eigenvalue weighted by atomic mass is 9.43. The number of hydrogen-bond acceptors (Lipinski definition) is 5. The second kappa shape index (κ2) is 4.64. The Labute approximate surface area is 132 Å². The number of halogens is 1. The lowest BCUT2D eigenvalue weighted by Gasteiger charge is -2.61. The number of rotatable bonds is 3. The summed E-state index contributed by atoms with van der Waals surface area (Å²) in [4.78, 5) is 4.21. The average Bonchev–Trinajstić information content (AvgIpc) is 2.75. The molecule has 122 valence electrons. The highest BCUT2D eigenvalue weighted by Gasteiger charge is 2.59. The van der Waals surface area contributed by atoms with Gasteiger partial charge in [-0.1, -0.05) is 0 Å². The minimum absolute atomic E-state index is 0.127. The van der Waals surface area contributed by atoms with Crippen molar-refractivity contribution in [2.45, 2.75) is 43.2 Å². The molecule has 3 heterocycles. The third kappa shape index (κ3) is 1.93. The van der Waals surface area contributed by atoms with Gasteiger partial charge in [-0.05, 0) is 37.7 Å². The van der Waals surface area contributed by atoms with E-state index in [4.69, 9.17) is 4.74 Å². The summed E-state index contributed by atoms with van der Waals surface area (Å²) in [5, 5.41) is 17.6. The second-order valence-electron chi connectivity index (χ2n) is 7.20. The monoisotopic (exact) mass is 318 g/mol. The maximum atomic E-state index is 14.2. The average molecular weight is 318 g/mol. The quantitative estimate of drug-likeness (QED) is 0.897. The van der Waals surface area contributed by atoms with Crippen molar-refractivity contribution in [1.29, 1.82) is 0 Å². The first kappa shape index (κ1) is 13.7. The largest absolute Gasteiger partial charge is 0.389 e. The fourth-order valence-corrected chi connectivity index (χ4v) is 4.25. The van der Waals surface area contributed by atoms with Crippen molar-refractivity contribution < 1.29 is 14.2 Å². The topological polar surface area (TPSA) is 71.7 Å². The van der Waals surface area contributed by atoms with Crippen LogP contribution in [0.2, 0.25) is 0 Å². The second-order valence-corrected chi connectivity index (χ2v) is 7.20. The van der Waals surface area contributed by atoms with E-state index in [1.807, 2.05) is 0 Å². The summed E-state index contributed by atoms with van der Waals surface area (Å²) in [5.74, 6) is 0.981. The Balaban J connectivity index is 1.49. The van der Waals surface area contributed by atoms with E-state index in [9.17, 15) is 9.50 Å². The van der Waals surface area contributed by atoms with Gasteiger partial charge in [0.25, 0.3) is 0 Å². The van der Waals surface area contributed by atoms with Gasteiger partial charge in [-0.25, -0.2) is 13.9 Å². The molecular weight excluding hydrogens is 299 g/mol. The first-order chi connectivity index (χ1) is 11.1. The molecule has 2 N–H and O–H groups in total. The summed E-state index contributed by atoms with van der Waals surface area (Å²) in [7, 11) is 0. The van der Waals surface area contributed by atoms with E-state index in [-0.39, 0.29) is 17.3 Å². The van der Waals surface area contributed by atoms with Gasteiger partial charge in [0, 0.05) is 12.0 Å². The smallest absolute Gasteiger partial charge is 0.241 e. The molecule has 0 unspecified atom stereocenters. The summed E-state index contributed by atoms with van der Waals surface area (Å²) in [6, 6.07) is 1.48. The predicted octanol–water partition coefficient (Wildman–Crippen LogP) is 1.48. The molecule has 6 nitrogen and oxygen atoms in total. The SMILES string of the molecule is O[C@@H]1COCC[C@H]1Nc1ncc2c(F)cc(C34CC(C3)C4)n2n1. The molecule has 6 rings (SSSR count). The third-order valence-corrected chi connectivity index (χ3v) is 5.69. The Kier molecular flexibility index (Phi) is 2.76. The summed E-state index contributed by atoms with van der Waals surface area (Å²) < 4.78 is 21.1. The van der Waals surface area contributed by atoms with Gasteiger partial charge >= 0.3 is 0 Å². The van der Waals surface area contributed by atoms with E-state index in [2.05, 4.69) is 15.4 Å². The molecule has 2 aromatic heterocycles. The van der Waals surface area contributed by atoms with Crippen LogP contribution in [0.3, 0.4) is 0 Å². The van der Waals surface area contributed by atoms with Crippen LogP contribution in [0.25, 0.3) is 5.52 Å². The molecule has 3 saturated carbocycles. The first-order valence-electron chi connectivity index (χ1n) is 8.22. The fraction of sp³-hybridized carbons (Fsp3) is 0.625. The zero-order chi connectivity index (χ0) is 15.6. The summed E-state index contributed by atoms with van der Waals surface area (Å²) >= 11 is 0. The van der Waals surface area contributed by atoms with Gasteiger partial charge in [0.05, 0.1) is 30.6 Å². The highest BCUT2D eigenvalue weighted by Crippen LogP contribution is 2.65. The number of aliphatic hydroxyl groups excluding tert-OH is 1. The van der Waals surface area contributed by atoms with Crippen LogP contribution >= 0.6 is 0 Å². The molecule has 2 atom stereocenters. The Morgan fingerprint density at radius 2 is 2.22 bits per heavy atom. The third-order valence-electron chi connectivity index (χ3n) is 5.69. The van der Waals surface area contributed by atoms with Gasteiger partial charge in [-0.15, -0.1) is 5.10 Å². The van der Waals surface area contributed by atoms with Crippen LogP contribution in [0.4, 0.5) is 10.3 Å². The van der Waals surface area contributed by atoms with E-state index < -0.39 is 6.10 Å². The number of nitrogens with zero attached hydrogens (tertiary/aromatic N) is 3. The standard InChI is InChI=1S/C16H19FN4O2/c17-10-3-14(16-4-9(5-16)6-16)21-12(10)7-18-15(20-21)19-11-1-2-23-8-13(11)22/h3,7,9,11,13,22H,1-2,4-6,8H2,(H,19,20)/t9?,11-,13-,16?/m1/s1. The molecule has 0 radical (unpaired) electrons. The number of ether oxygens (including phenoxy) is 1. The van der Waals surface area contributed by atoms with Gasteiger partial charge in [0.2, 0.25) is 5.95 Å². The molecule has 23 heavy (non-hydrogen) atoms. The van der Waals surface area contributed by atoms with Crippen LogP contribution in [0, 0.1) is 11.7 Å². The normalized spacial score (nSPS) is 35.7. The Morgan fingerprint density at radius 1 is 1.39 bits per heavy atom. The van der Waals surface area contributed by atoms with Crippen molar-refractivity contribution in [3.05, 3.63) is 23.8 Å². The summed E-state index contributed by atoms with van der Waals surface area (Å²) in [6.45, 7) is 0.915. The lowest BCUT2D eigenvalue weighted by molar-refractivity contribution is -0.0322. The number of aromatic nitrogens is 3. The van der Waals surface area contributed by atoms with Crippen LogP contribution < -0.4 is 5.32 Å². The van der Waals surface area contributed by atoms with Crippen LogP contribution in [0.1, 0.15) is 31.4 Å². The number of nitrogens with one attached hydrogen (secondary N) is 1. The van der Waals surface area contributed by atoms with Gasteiger partial charge < -0.3 is 15.2 Å². The van der Waals surface area contributed by atoms with Crippen molar-refractivity contribution in [3.8, 4) is 0 Å². The zero-order valence-electron chi connectivity index (χ0n) is 12.7. The Hall–Kier alpha value is -1.73. The molecule has 3 aliphatic carbocycles. The van der Waals surface area contributed by atoms with Crippen molar-refractivity contribution in [2.75, 3.05) is 18.5 Å². The molecule has 0 spiro atoms. The van der Waals surface area contributed by atoms with Gasteiger partial charge in [0.15, 0.2) is 5.82 Å². The van der Waals surface area contributed by atoms with E-state index >= 15 is 0 Å². The summed E-state index contributed by atoms with van der Waals surface area (Å²) in [5.41, 5.74) is 1.51. The van der Waals surface area contributed by atoms with E-state index in [0.29, 0.717) is 31.1 Å². The Bertz CT molecular complexity index is 760. The number of aliphatic hydroxyl groups is 1. The molecule has 1 saturated heterocycles. The fourth-order valence-electron chi connectivity index (χ4n) is 4.25. The predicted molar refractivity (Wildman–Crippen MR) is 80.8 cm³/mol. The van der Waals surface area contributed by atoms with Crippen LogP contribution in [0.5, 0.6) is 0 Å². The van der Waals surface area contributed by atoms with E-state index in [1.54, 1.807) is 10.6 Å². The van der Waals surface area contributed by atoms with Crippen molar-refractivity contribution in [3.63, 3.8) is 0 Å². The summed E-state index contributed by atoms with van der Waals surface area (Å²) in [6.07, 6.45) is 5.06. The maximum Gasteiger partial charge on any atom is 0.241 e. The van der Waals surface area contributed by atoms with Gasteiger partial charge in [0.1, 0.15) is 5.52 Å². The lowest BCUT2D eigenvalue weighted by Crippen LogP contribution is -2.55. The molecule has 2 bridgehead atoms. The van der Waals surface area contributed by atoms with Crippen molar-refractivity contribution in [1.82, 2.24) is 14.6 Å². The molecule has 1 aliphatic heterocycles. The first-order valence-corrected chi connectivity index (χ1v) is 8.22. The van der Waals surface area contributed by atoms with E-state index in [1.165, 1.54) is 6.20 Å². The van der Waals surface area contributed by atoms with Crippen molar-refractivity contribution in [2.24, 2.45) is 5.92 Å².